The van der Waals surface area contributed by atoms with Crippen LogP contribution in [0.3, 0.4) is 0 Å². The summed E-state index contributed by atoms with van der Waals surface area (Å²) in [5, 5.41) is 7.96. The second-order valence-corrected chi connectivity index (χ2v) is 5.72. The van der Waals surface area contributed by atoms with Crippen LogP contribution in [0.5, 0.6) is 0 Å². The number of fused-ring (bicyclic) bond motifs is 2. The molecule has 0 aliphatic heterocycles. The molecule has 1 amide bonds. The molecule has 0 bridgehead atoms. The predicted octanol–water partition coefficient (Wildman–Crippen LogP) is 2.90. The number of carbonyl (C=O) groups is 1. The Morgan fingerprint density at radius 1 is 1.32 bits per heavy atom. The summed E-state index contributed by atoms with van der Waals surface area (Å²) in [5.41, 5.74) is 2.63. The molecule has 0 saturated carbocycles. The third kappa shape index (κ3) is 2.11. The van der Waals surface area contributed by atoms with Crippen molar-refractivity contribution in [3.05, 3.63) is 54.1 Å². The summed E-state index contributed by atoms with van der Waals surface area (Å²) < 4.78 is 6.88. The van der Waals surface area contributed by atoms with Crippen molar-refractivity contribution in [1.82, 2.24) is 19.0 Å². The topological polar surface area (TPSA) is 72.2 Å². The first-order valence-corrected chi connectivity index (χ1v) is 7.46. The highest BCUT2D eigenvalue weighted by atomic mass is 32.1. The highest BCUT2D eigenvalue weighted by Gasteiger charge is 2.14. The fourth-order valence-corrected chi connectivity index (χ4v) is 3.07. The van der Waals surface area contributed by atoms with Crippen LogP contribution in [0.1, 0.15) is 16.2 Å². The number of aromatic nitrogens is 4. The van der Waals surface area contributed by atoms with Crippen LogP contribution < -0.4 is 5.32 Å². The number of aryl methyl sites for hydroxylation is 1. The molecule has 22 heavy (non-hydrogen) atoms. The summed E-state index contributed by atoms with van der Waals surface area (Å²) in [7, 11) is 0. The molecule has 4 rings (SSSR count). The Labute approximate surface area is 129 Å². The van der Waals surface area contributed by atoms with Crippen LogP contribution in [0.15, 0.2) is 42.7 Å². The van der Waals surface area contributed by atoms with Crippen molar-refractivity contribution in [3.8, 4) is 0 Å². The van der Waals surface area contributed by atoms with E-state index in [0.29, 0.717) is 11.4 Å². The van der Waals surface area contributed by atoms with E-state index in [-0.39, 0.29) is 5.91 Å². The summed E-state index contributed by atoms with van der Waals surface area (Å²) in [6.45, 7) is 1.90. The van der Waals surface area contributed by atoms with E-state index in [9.17, 15) is 4.79 Å². The second-order valence-electron chi connectivity index (χ2n) is 4.91. The van der Waals surface area contributed by atoms with E-state index in [0.717, 1.165) is 21.4 Å². The van der Waals surface area contributed by atoms with Gasteiger partial charge in [-0.1, -0.05) is 18.2 Å². The average Bonchev–Trinajstić information content (AvgIpc) is 3.09. The van der Waals surface area contributed by atoms with Crippen LogP contribution in [0, 0.1) is 6.92 Å². The van der Waals surface area contributed by atoms with Gasteiger partial charge in [0.15, 0.2) is 5.65 Å². The molecule has 1 aromatic carbocycles. The van der Waals surface area contributed by atoms with Crippen LogP contribution in [-0.4, -0.2) is 24.9 Å². The summed E-state index contributed by atoms with van der Waals surface area (Å²) in [5.74, 6) is -0.248. The molecule has 4 aromatic rings. The first-order valence-electron chi connectivity index (χ1n) is 6.68. The fourth-order valence-electron chi connectivity index (χ4n) is 2.30. The Balaban J connectivity index is 1.67. The van der Waals surface area contributed by atoms with Gasteiger partial charge < -0.3 is 5.32 Å². The minimum absolute atomic E-state index is 0.248. The van der Waals surface area contributed by atoms with Gasteiger partial charge in [-0.2, -0.15) is 9.47 Å². The maximum absolute atomic E-state index is 12.4. The van der Waals surface area contributed by atoms with E-state index in [1.54, 1.807) is 16.9 Å². The molecule has 0 aliphatic carbocycles. The molecule has 6 nitrogen and oxygen atoms in total. The number of benzene rings is 1. The van der Waals surface area contributed by atoms with Gasteiger partial charge in [-0.3, -0.25) is 4.79 Å². The van der Waals surface area contributed by atoms with Crippen molar-refractivity contribution in [2.75, 3.05) is 5.32 Å². The number of nitrogens with zero attached hydrogens (tertiary/aromatic N) is 4. The van der Waals surface area contributed by atoms with Gasteiger partial charge in [0.1, 0.15) is 5.69 Å². The van der Waals surface area contributed by atoms with Crippen molar-refractivity contribution in [2.45, 2.75) is 6.92 Å². The first-order chi connectivity index (χ1) is 10.7. The summed E-state index contributed by atoms with van der Waals surface area (Å²) in [4.78, 5) is 16.7. The third-order valence-electron chi connectivity index (χ3n) is 3.29. The van der Waals surface area contributed by atoms with Gasteiger partial charge in [-0.25, -0.2) is 9.50 Å². The summed E-state index contributed by atoms with van der Waals surface area (Å²) in [6.07, 6.45) is 3.35. The number of hydrogen-bond donors (Lipinski definition) is 1. The van der Waals surface area contributed by atoms with Crippen molar-refractivity contribution >= 4 is 38.9 Å². The standard InChI is InChI=1S/C15H11N5OS/c1-9-6-13-16-7-10(8-20(13)18-9)17-15(21)14-11-4-2-3-5-12(11)22-19-14/h2-8H,1H3,(H,17,21). The molecule has 0 spiro atoms. The second kappa shape index (κ2) is 4.88. The highest BCUT2D eigenvalue weighted by molar-refractivity contribution is 7.13. The number of amides is 1. The Hall–Kier alpha value is -2.80. The van der Waals surface area contributed by atoms with Crippen LogP contribution in [-0.2, 0) is 0 Å². The summed E-state index contributed by atoms with van der Waals surface area (Å²) in [6, 6.07) is 9.54. The molecule has 0 atom stereocenters. The van der Waals surface area contributed by atoms with E-state index < -0.39 is 0 Å². The van der Waals surface area contributed by atoms with Gasteiger partial charge in [0.05, 0.1) is 28.5 Å². The number of hydrogen-bond acceptors (Lipinski definition) is 5. The third-order valence-corrected chi connectivity index (χ3v) is 4.11. The number of anilines is 1. The first kappa shape index (κ1) is 12.9. The quantitative estimate of drug-likeness (QED) is 0.618. The Morgan fingerprint density at radius 2 is 2.18 bits per heavy atom. The fraction of sp³-hybridized carbons (Fsp3) is 0.0667. The molecule has 0 aliphatic rings. The molecule has 7 heteroatoms. The van der Waals surface area contributed by atoms with Crippen LogP contribution in [0.4, 0.5) is 5.69 Å². The molecule has 108 valence electrons. The number of nitrogens with one attached hydrogen (secondary N) is 1. The van der Waals surface area contributed by atoms with Crippen molar-refractivity contribution in [3.63, 3.8) is 0 Å². The Bertz CT molecular complexity index is 1000. The molecular formula is C15H11N5OS. The van der Waals surface area contributed by atoms with Crippen molar-refractivity contribution in [2.24, 2.45) is 0 Å². The largest absolute Gasteiger partial charge is 0.318 e. The van der Waals surface area contributed by atoms with Crippen LogP contribution >= 0.6 is 11.5 Å². The van der Waals surface area contributed by atoms with E-state index in [4.69, 9.17) is 0 Å². The molecule has 3 heterocycles. The van der Waals surface area contributed by atoms with Gasteiger partial charge in [0.25, 0.3) is 5.91 Å². The Kier molecular flexibility index (Phi) is 2.87. The molecule has 0 saturated heterocycles. The van der Waals surface area contributed by atoms with Gasteiger partial charge in [-0.15, -0.1) is 0 Å². The van der Waals surface area contributed by atoms with Gasteiger partial charge >= 0.3 is 0 Å². The van der Waals surface area contributed by atoms with E-state index in [2.05, 4.69) is 19.8 Å². The zero-order valence-corrected chi connectivity index (χ0v) is 12.5. The van der Waals surface area contributed by atoms with E-state index in [1.165, 1.54) is 11.5 Å². The summed E-state index contributed by atoms with van der Waals surface area (Å²) >= 11 is 1.31. The molecule has 1 N–H and O–H groups in total. The lowest BCUT2D eigenvalue weighted by Crippen LogP contribution is -2.13. The average molecular weight is 309 g/mol. The van der Waals surface area contributed by atoms with E-state index >= 15 is 0 Å². The highest BCUT2D eigenvalue weighted by Crippen LogP contribution is 2.23. The monoisotopic (exact) mass is 309 g/mol. The Morgan fingerprint density at radius 3 is 3.09 bits per heavy atom. The lowest BCUT2D eigenvalue weighted by Gasteiger charge is -2.03. The molecule has 0 unspecified atom stereocenters. The lowest BCUT2D eigenvalue weighted by molar-refractivity contribution is 0.102. The molecule has 3 aromatic heterocycles. The zero-order chi connectivity index (χ0) is 15.1. The van der Waals surface area contributed by atoms with Gasteiger partial charge in [0, 0.05) is 11.5 Å². The predicted molar refractivity (Wildman–Crippen MR) is 85.3 cm³/mol. The number of rotatable bonds is 2. The van der Waals surface area contributed by atoms with E-state index in [1.807, 2.05) is 37.3 Å². The minimum atomic E-state index is -0.248. The maximum atomic E-state index is 12.4. The SMILES string of the molecule is Cc1cc2ncc(NC(=O)c3nsc4ccccc34)cn2n1. The normalized spacial score (nSPS) is 11.1. The molecule has 0 radical (unpaired) electrons. The maximum Gasteiger partial charge on any atom is 0.276 e. The number of carbonyl (C=O) groups excluding carboxylic acids is 1. The van der Waals surface area contributed by atoms with Crippen LogP contribution in [0.2, 0.25) is 0 Å². The minimum Gasteiger partial charge on any atom is -0.318 e. The van der Waals surface area contributed by atoms with Crippen LogP contribution in [0.25, 0.3) is 15.7 Å². The molecule has 0 fully saturated rings. The smallest absolute Gasteiger partial charge is 0.276 e. The molecular weight excluding hydrogens is 298 g/mol. The van der Waals surface area contributed by atoms with Crippen molar-refractivity contribution < 1.29 is 4.79 Å². The van der Waals surface area contributed by atoms with Gasteiger partial charge in [0.2, 0.25) is 0 Å². The van der Waals surface area contributed by atoms with Crippen molar-refractivity contribution in [1.29, 1.82) is 0 Å². The zero-order valence-electron chi connectivity index (χ0n) is 11.6. The lowest BCUT2D eigenvalue weighted by atomic mass is 10.2. The van der Waals surface area contributed by atoms with Gasteiger partial charge in [-0.05, 0) is 24.5 Å².